The maximum atomic E-state index is 12.2. The molecule has 0 aromatic rings. The Bertz CT molecular complexity index is 500. The van der Waals surface area contributed by atoms with Crippen molar-refractivity contribution in [2.45, 2.75) is 52.4 Å². The molecule has 0 heterocycles. The standard InChI is InChI=1S/C20H28O4/c1-3-5-7-8-9-12-16-24-20(22)18-14-11-10-13-17(18)19(21)23-15-6-4-2/h6,8-12,15-18H,3-5,7,13-14H2,1-2H3. The molecule has 4 heteroatoms. The van der Waals surface area contributed by atoms with E-state index >= 15 is 0 Å². The quantitative estimate of drug-likeness (QED) is 0.199. The van der Waals surface area contributed by atoms with Crippen molar-refractivity contribution in [3.05, 3.63) is 49.0 Å². The van der Waals surface area contributed by atoms with Crippen molar-refractivity contribution >= 4 is 11.9 Å². The van der Waals surface area contributed by atoms with Gasteiger partial charge in [-0.1, -0.05) is 51.0 Å². The van der Waals surface area contributed by atoms with Gasteiger partial charge in [0.05, 0.1) is 24.4 Å². The first-order valence-corrected chi connectivity index (χ1v) is 8.73. The summed E-state index contributed by atoms with van der Waals surface area (Å²) in [5, 5.41) is 0. The van der Waals surface area contributed by atoms with Crippen LogP contribution in [-0.2, 0) is 19.1 Å². The Morgan fingerprint density at radius 2 is 1.58 bits per heavy atom. The maximum Gasteiger partial charge on any atom is 0.314 e. The SMILES string of the molecule is CCC=COC(=O)C1CC=CCC1C(=O)OC=CC=CCCCC. The van der Waals surface area contributed by atoms with Gasteiger partial charge in [-0.15, -0.1) is 0 Å². The number of carbonyl (C=O) groups excluding carboxylic acids is 2. The highest BCUT2D eigenvalue weighted by Crippen LogP contribution is 2.28. The second-order valence-corrected chi connectivity index (χ2v) is 5.71. The number of hydrogen-bond acceptors (Lipinski definition) is 4. The van der Waals surface area contributed by atoms with Gasteiger partial charge < -0.3 is 9.47 Å². The fraction of sp³-hybridized carbons (Fsp3) is 0.500. The van der Waals surface area contributed by atoms with E-state index in [4.69, 9.17) is 9.47 Å². The van der Waals surface area contributed by atoms with Gasteiger partial charge in [0.25, 0.3) is 0 Å². The molecule has 4 nitrogen and oxygen atoms in total. The molecule has 1 rings (SSSR count). The Labute approximate surface area is 144 Å². The molecule has 0 amide bonds. The van der Waals surface area contributed by atoms with Crippen LogP contribution in [0.15, 0.2) is 49.0 Å². The van der Waals surface area contributed by atoms with Crippen molar-refractivity contribution in [2.75, 3.05) is 0 Å². The lowest BCUT2D eigenvalue weighted by molar-refractivity contribution is -0.154. The fourth-order valence-corrected chi connectivity index (χ4v) is 2.37. The van der Waals surface area contributed by atoms with Crippen LogP contribution in [0.25, 0.3) is 0 Å². The van der Waals surface area contributed by atoms with Gasteiger partial charge in [0.1, 0.15) is 0 Å². The maximum absolute atomic E-state index is 12.2. The first-order valence-electron chi connectivity index (χ1n) is 8.73. The Morgan fingerprint density at radius 1 is 0.958 bits per heavy atom. The highest BCUT2D eigenvalue weighted by molar-refractivity contribution is 5.83. The van der Waals surface area contributed by atoms with Crippen LogP contribution >= 0.6 is 0 Å². The first kappa shape index (κ1) is 19.9. The second-order valence-electron chi connectivity index (χ2n) is 5.71. The molecule has 0 fully saturated rings. The minimum absolute atomic E-state index is 0.380. The van der Waals surface area contributed by atoms with Gasteiger partial charge in [-0.25, -0.2) is 0 Å². The van der Waals surface area contributed by atoms with Crippen LogP contribution in [-0.4, -0.2) is 11.9 Å². The predicted molar refractivity (Wildman–Crippen MR) is 94.8 cm³/mol. The molecule has 0 saturated carbocycles. The lowest BCUT2D eigenvalue weighted by atomic mass is 9.83. The van der Waals surface area contributed by atoms with E-state index in [0.717, 1.165) is 25.7 Å². The van der Waals surface area contributed by atoms with Crippen molar-refractivity contribution in [3.8, 4) is 0 Å². The van der Waals surface area contributed by atoms with Crippen LogP contribution in [0.1, 0.15) is 52.4 Å². The molecule has 0 spiro atoms. The van der Waals surface area contributed by atoms with Crippen LogP contribution in [0.2, 0.25) is 0 Å². The van der Waals surface area contributed by atoms with E-state index in [2.05, 4.69) is 6.92 Å². The Hall–Kier alpha value is -2.10. The summed E-state index contributed by atoms with van der Waals surface area (Å²) in [6, 6.07) is 0. The van der Waals surface area contributed by atoms with Crippen LogP contribution < -0.4 is 0 Å². The van der Waals surface area contributed by atoms with Crippen molar-refractivity contribution in [2.24, 2.45) is 11.8 Å². The van der Waals surface area contributed by atoms with Crippen molar-refractivity contribution in [1.29, 1.82) is 0 Å². The minimum atomic E-state index is -0.494. The monoisotopic (exact) mass is 332 g/mol. The molecule has 132 valence electrons. The normalized spacial score (nSPS) is 20.9. The molecular formula is C20H28O4. The topological polar surface area (TPSA) is 52.6 Å². The van der Waals surface area contributed by atoms with Crippen molar-refractivity contribution in [3.63, 3.8) is 0 Å². The van der Waals surface area contributed by atoms with Crippen molar-refractivity contribution in [1.82, 2.24) is 0 Å². The summed E-state index contributed by atoms with van der Waals surface area (Å²) >= 11 is 0. The third-order valence-corrected chi connectivity index (χ3v) is 3.79. The fourth-order valence-electron chi connectivity index (χ4n) is 2.37. The number of rotatable bonds is 9. The van der Waals surface area contributed by atoms with Gasteiger partial charge in [-0.2, -0.15) is 0 Å². The zero-order valence-electron chi connectivity index (χ0n) is 14.6. The Kier molecular flexibility index (Phi) is 10.3. The van der Waals surface area contributed by atoms with Gasteiger partial charge in [-0.05, 0) is 37.8 Å². The third-order valence-electron chi connectivity index (χ3n) is 3.79. The number of allylic oxidation sites excluding steroid dienone is 6. The number of hydrogen-bond donors (Lipinski definition) is 0. The van der Waals surface area contributed by atoms with Gasteiger partial charge >= 0.3 is 11.9 Å². The minimum Gasteiger partial charge on any atom is -0.435 e. The summed E-state index contributed by atoms with van der Waals surface area (Å²) < 4.78 is 10.3. The molecule has 0 aliphatic heterocycles. The third kappa shape index (κ3) is 7.44. The number of unbranched alkanes of at least 4 members (excludes halogenated alkanes) is 2. The van der Waals surface area contributed by atoms with E-state index in [-0.39, 0.29) is 11.9 Å². The van der Waals surface area contributed by atoms with Gasteiger partial charge in [0.15, 0.2) is 0 Å². The molecule has 1 aliphatic rings. The Morgan fingerprint density at radius 3 is 2.17 bits per heavy atom. The molecule has 0 aromatic carbocycles. The molecule has 0 N–H and O–H groups in total. The Balaban J connectivity index is 2.51. The largest absolute Gasteiger partial charge is 0.435 e. The summed E-state index contributed by atoms with van der Waals surface area (Å²) in [6.07, 6.45) is 19.1. The highest BCUT2D eigenvalue weighted by atomic mass is 16.5. The zero-order chi connectivity index (χ0) is 17.6. The van der Waals surface area contributed by atoms with E-state index in [0.29, 0.717) is 12.8 Å². The number of carbonyl (C=O) groups is 2. The molecule has 0 bridgehead atoms. The summed E-state index contributed by atoms with van der Waals surface area (Å²) in [6.45, 7) is 4.10. The van der Waals surface area contributed by atoms with Crippen LogP contribution in [0, 0.1) is 11.8 Å². The summed E-state index contributed by atoms with van der Waals surface area (Å²) in [4.78, 5) is 24.3. The van der Waals surface area contributed by atoms with E-state index in [9.17, 15) is 9.59 Å². The average molecular weight is 332 g/mol. The van der Waals surface area contributed by atoms with Crippen molar-refractivity contribution < 1.29 is 19.1 Å². The smallest absolute Gasteiger partial charge is 0.314 e. The van der Waals surface area contributed by atoms with Crippen LogP contribution in [0.5, 0.6) is 0 Å². The molecule has 2 atom stereocenters. The molecule has 0 saturated heterocycles. The molecule has 1 aliphatic carbocycles. The molecule has 0 radical (unpaired) electrons. The second kappa shape index (κ2) is 12.3. The lowest BCUT2D eigenvalue weighted by Gasteiger charge is -2.23. The van der Waals surface area contributed by atoms with Gasteiger partial charge in [-0.3, -0.25) is 9.59 Å². The van der Waals surface area contributed by atoms with E-state index in [1.165, 1.54) is 12.5 Å². The van der Waals surface area contributed by atoms with E-state index < -0.39 is 11.8 Å². The molecule has 0 aromatic heterocycles. The van der Waals surface area contributed by atoms with Gasteiger partial charge in [0, 0.05) is 0 Å². The van der Waals surface area contributed by atoms with E-state index in [1.54, 1.807) is 12.2 Å². The average Bonchev–Trinajstić information content (AvgIpc) is 2.61. The summed E-state index contributed by atoms with van der Waals surface area (Å²) in [5.74, 6) is -1.75. The zero-order valence-corrected chi connectivity index (χ0v) is 14.6. The van der Waals surface area contributed by atoms with Gasteiger partial charge in [0.2, 0.25) is 0 Å². The molecular weight excluding hydrogens is 304 g/mol. The summed E-state index contributed by atoms with van der Waals surface area (Å²) in [7, 11) is 0. The van der Waals surface area contributed by atoms with Crippen LogP contribution in [0.4, 0.5) is 0 Å². The predicted octanol–water partition coefficient (Wildman–Crippen LogP) is 4.84. The van der Waals surface area contributed by atoms with Crippen LogP contribution in [0.3, 0.4) is 0 Å². The molecule has 2 unspecified atom stereocenters. The number of esters is 2. The number of ether oxygens (including phenoxy) is 2. The molecule has 24 heavy (non-hydrogen) atoms. The summed E-state index contributed by atoms with van der Waals surface area (Å²) in [5.41, 5.74) is 0. The van der Waals surface area contributed by atoms with E-state index in [1.807, 2.05) is 31.2 Å². The first-order chi connectivity index (χ1) is 11.7. The lowest BCUT2D eigenvalue weighted by Crippen LogP contribution is -2.32. The highest BCUT2D eigenvalue weighted by Gasteiger charge is 2.35.